The number of rotatable bonds is 7. The number of hydrogen-bond donors (Lipinski definition) is 1. The monoisotopic (exact) mass is 288 g/mol. The van der Waals surface area contributed by atoms with E-state index in [0.717, 1.165) is 0 Å². The number of ether oxygens (including phenoxy) is 2. The SMILES string of the molecule is C=C(COCC(F)(F)S(=O)(=O)O)C(=O)OC(C)C. The molecule has 0 fully saturated rings. The van der Waals surface area contributed by atoms with Crippen LogP contribution >= 0.6 is 0 Å². The minimum Gasteiger partial charge on any atom is -0.460 e. The van der Waals surface area contributed by atoms with E-state index in [-0.39, 0.29) is 5.57 Å². The van der Waals surface area contributed by atoms with Gasteiger partial charge in [-0.05, 0) is 13.8 Å². The number of esters is 1. The quantitative estimate of drug-likeness (QED) is 0.427. The van der Waals surface area contributed by atoms with Gasteiger partial charge in [-0.1, -0.05) is 6.58 Å². The fourth-order valence-electron chi connectivity index (χ4n) is 0.724. The Kier molecular flexibility index (Phi) is 5.84. The Morgan fingerprint density at radius 3 is 2.33 bits per heavy atom. The summed E-state index contributed by atoms with van der Waals surface area (Å²) in [6.07, 6.45) is -0.409. The third-order valence-electron chi connectivity index (χ3n) is 1.56. The molecule has 106 valence electrons. The van der Waals surface area contributed by atoms with Gasteiger partial charge in [-0.3, -0.25) is 4.55 Å². The Morgan fingerprint density at radius 2 is 1.94 bits per heavy atom. The lowest BCUT2D eigenvalue weighted by Crippen LogP contribution is -2.34. The second-order valence-electron chi connectivity index (χ2n) is 3.66. The Balaban J connectivity index is 4.22. The van der Waals surface area contributed by atoms with Gasteiger partial charge in [-0.2, -0.15) is 17.2 Å². The Labute approximate surface area is 103 Å². The third kappa shape index (κ3) is 5.52. The van der Waals surface area contributed by atoms with Crippen molar-refractivity contribution in [2.45, 2.75) is 25.2 Å². The molecule has 0 aromatic rings. The van der Waals surface area contributed by atoms with E-state index in [4.69, 9.17) is 4.55 Å². The molecule has 0 saturated heterocycles. The van der Waals surface area contributed by atoms with E-state index in [9.17, 15) is 22.0 Å². The lowest BCUT2D eigenvalue weighted by atomic mass is 10.3. The molecule has 0 spiro atoms. The summed E-state index contributed by atoms with van der Waals surface area (Å²) in [7, 11) is -5.54. The van der Waals surface area contributed by atoms with Crippen molar-refractivity contribution < 1.29 is 36.0 Å². The second kappa shape index (κ2) is 6.21. The first-order valence-electron chi connectivity index (χ1n) is 4.78. The van der Waals surface area contributed by atoms with Crippen LogP contribution in [0, 0.1) is 0 Å². The van der Waals surface area contributed by atoms with Crippen molar-refractivity contribution in [2.75, 3.05) is 13.2 Å². The predicted octanol–water partition coefficient (Wildman–Crippen LogP) is 0.991. The van der Waals surface area contributed by atoms with Crippen molar-refractivity contribution in [2.24, 2.45) is 0 Å². The van der Waals surface area contributed by atoms with Gasteiger partial charge in [0.1, 0.15) is 6.61 Å². The Bertz CT molecular complexity index is 415. The fraction of sp³-hybridized carbons (Fsp3) is 0.667. The van der Waals surface area contributed by atoms with Gasteiger partial charge in [-0.15, -0.1) is 0 Å². The molecule has 0 aromatic heterocycles. The fourth-order valence-corrected chi connectivity index (χ4v) is 0.956. The van der Waals surface area contributed by atoms with Gasteiger partial charge >= 0.3 is 21.3 Å². The standard InChI is InChI=1S/C9H14F2O6S/c1-6(2)17-8(12)7(3)4-16-5-9(10,11)18(13,14)15/h6H,3-5H2,1-2H3,(H,13,14,15). The molecule has 0 aliphatic heterocycles. The maximum atomic E-state index is 12.7. The van der Waals surface area contributed by atoms with Crippen LogP contribution < -0.4 is 0 Å². The number of hydrogen-bond acceptors (Lipinski definition) is 5. The Hall–Kier alpha value is -1.06. The first-order valence-corrected chi connectivity index (χ1v) is 6.22. The normalized spacial score (nSPS) is 12.6. The minimum atomic E-state index is -5.54. The van der Waals surface area contributed by atoms with Crippen molar-refractivity contribution in [3.05, 3.63) is 12.2 Å². The molecule has 0 aliphatic rings. The molecule has 0 radical (unpaired) electrons. The summed E-state index contributed by atoms with van der Waals surface area (Å²) in [6.45, 7) is 4.18. The van der Waals surface area contributed by atoms with Gasteiger partial charge in [0, 0.05) is 0 Å². The summed E-state index contributed by atoms with van der Waals surface area (Å²) in [4.78, 5) is 11.1. The molecule has 0 heterocycles. The van der Waals surface area contributed by atoms with Gasteiger partial charge in [0.05, 0.1) is 18.3 Å². The third-order valence-corrected chi connectivity index (χ3v) is 2.43. The van der Waals surface area contributed by atoms with Crippen molar-refractivity contribution >= 4 is 16.1 Å². The smallest absolute Gasteiger partial charge is 0.392 e. The average molecular weight is 288 g/mol. The van der Waals surface area contributed by atoms with Gasteiger partial charge in [-0.25, -0.2) is 4.79 Å². The predicted molar refractivity (Wildman–Crippen MR) is 57.7 cm³/mol. The first-order chi connectivity index (χ1) is 7.97. The van der Waals surface area contributed by atoms with Crippen LogP contribution in [0.1, 0.15) is 13.8 Å². The molecule has 0 aliphatic carbocycles. The van der Waals surface area contributed by atoms with Gasteiger partial charge < -0.3 is 9.47 Å². The summed E-state index contributed by atoms with van der Waals surface area (Å²) in [5, 5.41) is -4.44. The van der Waals surface area contributed by atoms with Crippen LogP contribution in [0.5, 0.6) is 0 Å². The molecule has 6 nitrogen and oxygen atoms in total. The van der Waals surface area contributed by atoms with Crippen molar-refractivity contribution in [3.8, 4) is 0 Å². The molecule has 0 aromatic carbocycles. The molecule has 0 bridgehead atoms. The number of carbonyl (C=O) groups excluding carboxylic acids is 1. The number of alkyl halides is 2. The zero-order chi connectivity index (χ0) is 14.6. The van der Waals surface area contributed by atoms with Crippen LogP contribution in [0.15, 0.2) is 12.2 Å². The molecule has 0 amide bonds. The van der Waals surface area contributed by atoms with Crippen LogP contribution in [-0.2, 0) is 24.4 Å². The maximum Gasteiger partial charge on any atom is 0.392 e. The molecule has 0 unspecified atom stereocenters. The van der Waals surface area contributed by atoms with Gasteiger partial charge in [0.2, 0.25) is 0 Å². The summed E-state index contributed by atoms with van der Waals surface area (Å²) >= 11 is 0. The highest BCUT2D eigenvalue weighted by atomic mass is 32.2. The largest absolute Gasteiger partial charge is 0.460 e. The van der Waals surface area contributed by atoms with E-state index in [1.165, 1.54) is 0 Å². The maximum absolute atomic E-state index is 12.7. The molecule has 0 atom stereocenters. The van der Waals surface area contributed by atoms with Crippen LogP contribution in [-0.4, -0.2) is 43.5 Å². The van der Waals surface area contributed by atoms with Crippen LogP contribution in [0.3, 0.4) is 0 Å². The van der Waals surface area contributed by atoms with E-state index < -0.39 is 40.7 Å². The van der Waals surface area contributed by atoms with E-state index >= 15 is 0 Å². The highest BCUT2D eigenvalue weighted by molar-refractivity contribution is 7.86. The van der Waals surface area contributed by atoms with E-state index in [2.05, 4.69) is 16.1 Å². The van der Waals surface area contributed by atoms with E-state index in [1.54, 1.807) is 13.8 Å². The summed E-state index contributed by atoms with van der Waals surface area (Å²) < 4.78 is 63.0. The molecule has 9 heteroatoms. The first kappa shape index (κ1) is 16.9. The zero-order valence-electron chi connectivity index (χ0n) is 9.85. The highest BCUT2D eigenvalue weighted by Gasteiger charge is 2.44. The molecule has 0 saturated carbocycles. The van der Waals surface area contributed by atoms with Gasteiger partial charge in [0.15, 0.2) is 0 Å². The van der Waals surface area contributed by atoms with Crippen LogP contribution in [0.25, 0.3) is 0 Å². The second-order valence-corrected chi connectivity index (χ2v) is 5.21. The summed E-state index contributed by atoms with van der Waals surface area (Å²) in [5.74, 6) is -0.833. The molecular weight excluding hydrogens is 274 g/mol. The van der Waals surface area contributed by atoms with Crippen molar-refractivity contribution in [3.63, 3.8) is 0 Å². The van der Waals surface area contributed by atoms with E-state index in [1.807, 2.05) is 0 Å². The lowest BCUT2D eigenvalue weighted by molar-refractivity contribution is -0.143. The zero-order valence-corrected chi connectivity index (χ0v) is 10.7. The molecular formula is C9H14F2O6S. The molecule has 0 rings (SSSR count). The van der Waals surface area contributed by atoms with E-state index in [0.29, 0.717) is 0 Å². The van der Waals surface area contributed by atoms with Crippen molar-refractivity contribution in [1.29, 1.82) is 0 Å². The lowest BCUT2D eigenvalue weighted by Gasteiger charge is -2.14. The van der Waals surface area contributed by atoms with Crippen LogP contribution in [0.4, 0.5) is 8.78 Å². The van der Waals surface area contributed by atoms with Gasteiger partial charge in [0.25, 0.3) is 0 Å². The average Bonchev–Trinajstić information content (AvgIpc) is 2.14. The van der Waals surface area contributed by atoms with Crippen LogP contribution in [0.2, 0.25) is 0 Å². The highest BCUT2D eigenvalue weighted by Crippen LogP contribution is 2.20. The summed E-state index contributed by atoms with van der Waals surface area (Å²) in [6, 6.07) is 0. The minimum absolute atomic E-state index is 0.241. The number of halogens is 2. The molecule has 18 heavy (non-hydrogen) atoms. The van der Waals surface area contributed by atoms with Crippen molar-refractivity contribution in [1.82, 2.24) is 0 Å². The summed E-state index contributed by atoms with van der Waals surface area (Å²) in [5.41, 5.74) is -0.241. The number of carbonyl (C=O) groups is 1. The Morgan fingerprint density at radius 1 is 1.44 bits per heavy atom. The molecule has 1 N–H and O–H groups in total. The topological polar surface area (TPSA) is 89.9 Å².